The lowest BCUT2D eigenvalue weighted by Gasteiger charge is -2.26. The summed E-state index contributed by atoms with van der Waals surface area (Å²) in [4.78, 5) is 25.8. The number of pyridine rings is 1. The first kappa shape index (κ1) is 39.1. The molecule has 2 aliphatic carbocycles. The Bertz CT molecular complexity index is 2780. The van der Waals surface area contributed by atoms with E-state index in [1.54, 1.807) is 31.3 Å². The van der Waals surface area contributed by atoms with Crippen molar-refractivity contribution in [3.63, 3.8) is 0 Å². The monoisotopic (exact) mass is 862 g/mol. The third kappa shape index (κ3) is 7.13. The number of carbonyl (C=O) groups is 1. The van der Waals surface area contributed by atoms with Crippen LogP contribution < -0.4 is 20.3 Å². The van der Waals surface area contributed by atoms with Crippen molar-refractivity contribution in [2.24, 2.45) is 13.0 Å². The first-order valence-corrected chi connectivity index (χ1v) is 21.1. The molecule has 6 aromatic rings. The van der Waals surface area contributed by atoms with E-state index in [9.17, 15) is 35.2 Å². The van der Waals surface area contributed by atoms with Gasteiger partial charge in [-0.05, 0) is 48.6 Å². The number of hydrogen-bond acceptors (Lipinski definition) is 10. The number of halogens is 7. The van der Waals surface area contributed by atoms with Gasteiger partial charge in [-0.25, -0.2) is 22.2 Å². The third-order valence-corrected chi connectivity index (χ3v) is 12.4. The van der Waals surface area contributed by atoms with Crippen LogP contribution in [0.4, 0.5) is 41.7 Å². The molecule has 4 aromatic heterocycles. The van der Waals surface area contributed by atoms with E-state index in [0.29, 0.717) is 68.8 Å². The number of carbonyl (C=O) groups excluding carboxylic acids is 1. The van der Waals surface area contributed by atoms with E-state index in [4.69, 9.17) is 9.97 Å². The fourth-order valence-corrected chi connectivity index (χ4v) is 9.80. The second-order valence-corrected chi connectivity index (χ2v) is 17.7. The minimum atomic E-state index is -5.06. The number of fused-ring (bicyclic) bond motifs is 5. The maximum absolute atomic E-state index is 15.5. The van der Waals surface area contributed by atoms with Gasteiger partial charge in [-0.15, -0.1) is 0 Å². The van der Waals surface area contributed by atoms with Crippen LogP contribution in [0, 0.1) is 17.6 Å². The summed E-state index contributed by atoms with van der Waals surface area (Å²) in [5, 5.41) is 14.9. The molecule has 9 rings (SSSR count). The van der Waals surface area contributed by atoms with Gasteiger partial charge in [0.25, 0.3) is 5.92 Å². The fraction of sp³-hybridized carbons (Fsp3) is 0.378. The zero-order valence-corrected chi connectivity index (χ0v) is 32.7. The number of sulfonamides is 1. The van der Waals surface area contributed by atoms with Gasteiger partial charge in [0.1, 0.15) is 23.9 Å². The minimum absolute atomic E-state index is 0.0285. The Morgan fingerprint density at radius 1 is 1.05 bits per heavy atom. The molecule has 3 N–H and O–H groups in total. The molecule has 3 aliphatic rings. The second kappa shape index (κ2) is 13.9. The summed E-state index contributed by atoms with van der Waals surface area (Å²) < 4.78 is 132. The van der Waals surface area contributed by atoms with Gasteiger partial charge in [-0.3, -0.25) is 18.9 Å². The number of alkyl halides is 5. The van der Waals surface area contributed by atoms with Gasteiger partial charge in [-0.2, -0.15) is 37.1 Å². The van der Waals surface area contributed by atoms with E-state index in [1.807, 2.05) is 0 Å². The minimum Gasteiger partial charge on any atom is -0.346 e. The molecule has 3 atom stereocenters. The number of nitrogens with zero attached hydrogens (tertiary/aromatic N) is 7. The van der Waals surface area contributed by atoms with Crippen molar-refractivity contribution in [1.29, 1.82) is 0 Å². The van der Waals surface area contributed by atoms with E-state index < -0.39 is 81.0 Å². The maximum Gasteiger partial charge on any atom is 0.435 e. The number of piperazine rings is 1. The summed E-state index contributed by atoms with van der Waals surface area (Å²) in [5.74, 6) is -8.87. The van der Waals surface area contributed by atoms with Crippen LogP contribution in [0.1, 0.15) is 46.6 Å². The first-order valence-electron chi connectivity index (χ1n) is 18.4. The summed E-state index contributed by atoms with van der Waals surface area (Å²) in [7, 11) is -2.18. The summed E-state index contributed by atoms with van der Waals surface area (Å²) in [6.07, 6.45) is -4.54. The highest BCUT2D eigenvalue weighted by Gasteiger charge is 2.68. The molecule has 1 unspecified atom stereocenters. The Morgan fingerprint density at radius 3 is 2.47 bits per heavy atom. The SMILES string of the molecule is Cn1nc(NS(C)(=O)=O)c2cccc(-c3cc4sc(N5CCNCC5)nc4nc3[C@H](Cc3cc(F)cc(F)c3)NC(=O)Cn3nc(C(F)(F)F)c4c3C(F)(F)[C@@H]3CC43)c21. The van der Waals surface area contributed by atoms with Crippen LogP contribution in [-0.4, -0.2) is 76.3 Å². The van der Waals surface area contributed by atoms with Crippen LogP contribution >= 0.6 is 11.3 Å². The van der Waals surface area contributed by atoms with Crippen molar-refractivity contribution >= 4 is 59.5 Å². The van der Waals surface area contributed by atoms with Crippen molar-refractivity contribution < 1.29 is 43.9 Å². The molecule has 1 saturated heterocycles. The van der Waals surface area contributed by atoms with E-state index in [0.717, 1.165) is 18.4 Å². The molecule has 13 nitrogen and oxygen atoms in total. The number of hydrogen-bond donors (Lipinski definition) is 3. The van der Waals surface area contributed by atoms with Crippen LogP contribution in [0.3, 0.4) is 0 Å². The van der Waals surface area contributed by atoms with Crippen LogP contribution in [0.2, 0.25) is 0 Å². The van der Waals surface area contributed by atoms with Crippen molar-refractivity contribution in [3.05, 3.63) is 82.3 Å². The third-order valence-electron chi connectivity index (χ3n) is 10.7. The van der Waals surface area contributed by atoms with Gasteiger partial charge in [0.15, 0.2) is 22.3 Å². The molecule has 0 bridgehead atoms. The molecular formula is C37H33F7N10O3S2. The van der Waals surface area contributed by atoms with E-state index in [1.165, 1.54) is 16.0 Å². The number of aromatic nitrogens is 6. The highest BCUT2D eigenvalue weighted by Crippen LogP contribution is 2.68. The van der Waals surface area contributed by atoms with Gasteiger partial charge in [-0.1, -0.05) is 23.5 Å². The molecule has 1 saturated carbocycles. The molecule has 310 valence electrons. The normalized spacial score (nSPS) is 19.2. The van der Waals surface area contributed by atoms with Gasteiger partial charge < -0.3 is 15.5 Å². The molecule has 2 fully saturated rings. The van der Waals surface area contributed by atoms with Crippen molar-refractivity contribution in [1.82, 2.24) is 40.2 Å². The Morgan fingerprint density at radius 2 is 1.78 bits per heavy atom. The lowest BCUT2D eigenvalue weighted by molar-refractivity contribution is -0.142. The number of amides is 1. The standard InChI is InChI=1S/C37H33F7N10O3S2/c1-52-30-20(4-3-5-21(30)33(50-52)51-59(2,56)57)22-15-26-34(48-35(58-26)53-8-6-45-7-9-53)47-29(22)25(12-17-10-18(38)13-19(39)11-17)46-27(55)16-54-32-28(31(49-54)37(42,43)44)23-14-24(23)36(32,40)41/h3-5,10-11,13,15,23-25,45H,6-9,12,14,16H2,1-2H3,(H,46,55)(H,50,51)/t23?,24-,25+/m1/s1. The maximum atomic E-state index is 15.5. The number of anilines is 2. The Kier molecular flexibility index (Phi) is 9.20. The average molecular weight is 863 g/mol. The largest absolute Gasteiger partial charge is 0.435 e. The van der Waals surface area contributed by atoms with Crippen LogP contribution in [-0.2, 0) is 46.9 Å². The molecule has 1 aliphatic heterocycles. The number of nitrogens with one attached hydrogen (secondary N) is 3. The first-order chi connectivity index (χ1) is 27.9. The van der Waals surface area contributed by atoms with Crippen LogP contribution in [0.25, 0.3) is 32.4 Å². The molecule has 5 heterocycles. The van der Waals surface area contributed by atoms with Gasteiger partial charge in [0, 0.05) is 67.3 Å². The summed E-state index contributed by atoms with van der Waals surface area (Å²) in [5.41, 5.74) is -1.39. The van der Waals surface area contributed by atoms with Gasteiger partial charge in [0.05, 0.1) is 28.2 Å². The molecule has 1 amide bonds. The molecule has 59 heavy (non-hydrogen) atoms. The summed E-state index contributed by atoms with van der Waals surface area (Å²) in [6, 6.07) is 8.21. The highest BCUT2D eigenvalue weighted by atomic mass is 32.2. The predicted octanol–water partition coefficient (Wildman–Crippen LogP) is 5.83. The van der Waals surface area contributed by atoms with E-state index in [-0.39, 0.29) is 35.6 Å². The predicted molar refractivity (Wildman–Crippen MR) is 204 cm³/mol. The van der Waals surface area contributed by atoms with Crippen molar-refractivity contribution in [3.8, 4) is 11.1 Å². The van der Waals surface area contributed by atoms with Crippen molar-refractivity contribution in [2.45, 2.75) is 43.4 Å². The molecular weight excluding hydrogens is 830 g/mol. The van der Waals surface area contributed by atoms with E-state index >= 15 is 8.78 Å². The number of para-hydroxylation sites is 1. The number of rotatable bonds is 10. The topological polar surface area (TPSA) is 152 Å². The van der Waals surface area contributed by atoms with E-state index in [2.05, 4.69) is 30.5 Å². The summed E-state index contributed by atoms with van der Waals surface area (Å²) >= 11 is 1.35. The number of benzene rings is 2. The zero-order chi connectivity index (χ0) is 41.8. The quantitative estimate of drug-likeness (QED) is 0.145. The molecule has 0 spiro atoms. The zero-order valence-electron chi connectivity index (χ0n) is 31.0. The van der Waals surface area contributed by atoms with Crippen molar-refractivity contribution in [2.75, 3.05) is 42.1 Å². The van der Waals surface area contributed by atoms with Gasteiger partial charge >= 0.3 is 6.18 Å². The second-order valence-electron chi connectivity index (χ2n) is 15.0. The Labute approximate surface area is 334 Å². The molecule has 0 radical (unpaired) electrons. The Hall–Kier alpha value is -5.35. The molecule has 2 aromatic carbocycles. The number of thiazole rings is 1. The lowest BCUT2D eigenvalue weighted by Crippen LogP contribution is -2.43. The summed E-state index contributed by atoms with van der Waals surface area (Å²) in [6.45, 7) is 1.69. The number of aryl methyl sites for hydroxylation is 1. The van der Waals surface area contributed by atoms with Gasteiger partial charge in [0.2, 0.25) is 15.9 Å². The van der Waals surface area contributed by atoms with Crippen LogP contribution in [0.5, 0.6) is 0 Å². The highest BCUT2D eigenvalue weighted by molar-refractivity contribution is 7.92. The Balaban J connectivity index is 1.20. The smallest absolute Gasteiger partial charge is 0.346 e. The van der Waals surface area contributed by atoms with Crippen LogP contribution in [0.15, 0.2) is 42.5 Å². The average Bonchev–Trinajstić information content (AvgIpc) is 3.42. The fourth-order valence-electron chi connectivity index (χ4n) is 8.29. The molecule has 22 heteroatoms. The lowest BCUT2D eigenvalue weighted by atomic mass is 9.94.